The molecule has 0 atom stereocenters. The summed E-state index contributed by atoms with van der Waals surface area (Å²) in [5, 5.41) is 7.52. The molecule has 0 spiro atoms. The van der Waals surface area contributed by atoms with Crippen molar-refractivity contribution in [2.24, 2.45) is 0 Å². The van der Waals surface area contributed by atoms with Crippen LogP contribution in [0.15, 0.2) is 55.0 Å². The number of nitrogens with one attached hydrogen (secondary N) is 1. The largest absolute Gasteiger partial charge is 0.378 e. The molecule has 0 aliphatic carbocycles. The molecule has 0 unspecified atom stereocenters. The number of rotatable bonds is 4. The van der Waals surface area contributed by atoms with Gasteiger partial charge in [-0.1, -0.05) is 17.7 Å². The molecule has 1 aromatic carbocycles. The first kappa shape index (κ1) is 13.6. The van der Waals surface area contributed by atoms with Gasteiger partial charge in [-0.2, -0.15) is 5.10 Å². The highest BCUT2D eigenvalue weighted by Gasteiger charge is 2.06. The van der Waals surface area contributed by atoms with Crippen LogP contribution in [0.3, 0.4) is 0 Å². The van der Waals surface area contributed by atoms with Gasteiger partial charge in [0.1, 0.15) is 5.82 Å². The van der Waals surface area contributed by atoms with Crippen LogP contribution < -0.4 is 5.32 Å². The minimum absolute atomic E-state index is 0.123. The van der Waals surface area contributed by atoms with Crippen molar-refractivity contribution in [1.82, 2.24) is 14.8 Å². The van der Waals surface area contributed by atoms with Gasteiger partial charge < -0.3 is 5.32 Å². The monoisotopic (exact) mass is 302 g/mol. The van der Waals surface area contributed by atoms with Crippen LogP contribution in [0.1, 0.15) is 5.56 Å². The second-order valence-electron chi connectivity index (χ2n) is 4.43. The van der Waals surface area contributed by atoms with Gasteiger partial charge in [-0.3, -0.25) is 0 Å². The number of pyridine rings is 1. The molecule has 0 bridgehead atoms. The van der Waals surface area contributed by atoms with E-state index in [9.17, 15) is 4.39 Å². The van der Waals surface area contributed by atoms with Crippen molar-refractivity contribution < 1.29 is 4.39 Å². The molecule has 106 valence electrons. The van der Waals surface area contributed by atoms with Crippen molar-refractivity contribution in [2.75, 3.05) is 5.32 Å². The zero-order valence-corrected chi connectivity index (χ0v) is 11.8. The average molecular weight is 303 g/mol. The lowest BCUT2D eigenvalue weighted by Gasteiger charge is -2.11. The Balaban J connectivity index is 1.81. The molecule has 0 aliphatic heterocycles. The van der Waals surface area contributed by atoms with E-state index in [-0.39, 0.29) is 5.02 Å². The molecule has 0 amide bonds. The summed E-state index contributed by atoms with van der Waals surface area (Å²) in [5.41, 5.74) is 1.61. The summed E-state index contributed by atoms with van der Waals surface area (Å²) in [7, 11) is 0. The maximum Gasteiger partial charge on any atom is 0.176 e. The highest BCUT2D eigenvalue weighted by molar-refractivity contribution is 6.30. The fraction of sp³-hybridized carbons (Fsp3) is 0.0667. The molecule has 6 heteroatoms. The van der Waals surface area contributed by atoms with Gasteiger partial charge in [0.05, 0.1) is 10.7 Å². The van der Waals surface area contributed by atoms with E-state index in [1.807, 2.05) is 24.4 Å². The molecular weight excluding hydrogens is 291 g/mol. The van der Waals surface area contributed by atoms with Crippen molar-refractivity contribution >= 4 is 17.3 Å². The Hall–Kier alpha value is -2.40. The van der Waals surface area contributed by atoms with E-state index in [2.05, 4.69) is 15.4 Å². The first-order valence-corrected chi connectivity index (χ1v) is 6.74. The van der Waals surface area contributed by atoms with Gasteiger partial charge in [0.25, 0.3) is 0 Å². The first-order valence-electron chi connectivity index (χ1n) is 6.37. The lowest BCUT2D eigenvalue weighted by molar-refractivity contribution is 0.626. The number of halogens is 2. The topological polar surface area (TPSA) is 42.7 Å². The highest BCUT2D eigenvalue weighted by Crippen LogP contribution is 2.19. The summed E-state index contributed by atoms with van der Waals surface area (Å²) >= 11 is 5.67. The van der Waals surface area contributed by atoms with Crippen molar-refractivity contribution in [1.29, 1.82) is 0 Å². The van der Waals surface area contributed by atoms with Gasteiger partial charge in [0.2, 0.25) is 0 Å². The van der Waals surface area contributed by atoms with Crippen LogP contribution in [0.5, 0.6) is 0 Å². The van der Waals surface area contributed by atoms with Gasteiger partial charge >= 0.3 is 0 Å². The molecule has 3 rings (SSSR count). The predicted octanol–water partition coefficient (Wildman–Crippen LogP) is 3.67. The van der Waals surface area contributed by atoms with Crippen molar-refractivity contribution in [3.63, 3.8) is 0 Å². The molecule has 0 aliphatic rings. The number of benzene rings is 1. The van der Waals surface area contributed by atoms with Crippen LogP contribution in [0.25, 0.3) is 5.82 Å². The zero-order chi connectivity index (χ0) is 14.7. The summed E-state index contributed by atoms with van der Waals surface area (Å²) in [6, 6.07) is 10.3. The smallest absolute Gasteiger partial charge is 0.176 e. The number of aromatic nitrogens is 3. The molecule has 2 heterocycles. The number of hydrogen-bond acceptors (Lipinski definition) is 3. The van der Waals surface area contributed by atoms with E-state index in [1.54, 1.807) is 29.2 Å². The second kappa shape index (κ2) is 5.93. The molecular formula is C15H12ClFN4. The van der Waals surface area contributed by atoms with E-state index >= 15 is 0 Å². The fourth-order valence-corrected chi connectivity index (χ4v) is 2.08. The van der Waals surface area contributed by atoms with Gasteiger partial charge in [-0.15, -0.1) is 0 Å². The van der Waals surface area contributed by atoms with Crippen LogP contribution >= 0.6 is 11.6 Å². The van der Waals surface area contributed by atoms with E-state index in [4.69, 9.17) is 11.6 Å². The maximum absolute atomic E-state index is 13.4. The van der Waals surface area contributed by atoms with Crippen LogP contribution in [0.2, 0.25) is 5.02 Å². The Bertz CT molecular complexity index is 743. The van der Waals surface area contributed by atoms with Gasteiger partial charge in [-0.25, -0.2) is 14.1 Å². The normalized spacial score (nSPS) is 10.6. The van der Waals surface area contributed by atoms with Crippen LogP contribution in [-0.2, 0) is 6.54 Å². The summed E-state index contributed by atoms with van der Waals surface area (Å²) in [6.07, 6.45) is 5.20. The Morgan fingerprint density at radius 1 is 1.19 bits per heavy atom. The van der Waals surface area contributed by atoms with Gasteiger partial charge in [-0.05, 0) is 35.9 Å². The third kappa shape index (κ3) is 3.03. The minimum atomic E-state index is -0.422. The number of hydrogen-bond donors (Lipinski definition) is 1. The molecule has 2 aromatic heterocycles. The second-order valence-corrected chi connectivity index (χ2v) is 4.83. The van der Waals surface area contributed by atoms with E-state index in [0.717, 1.165) is 11.3 Å². The quantitative estimate of drug-likeness (QED) is 0.799. The number of nitrogens with zero attached hydrogens (tertiary/aromatic N) is 3. The molecule has 0 saturated heterocycles. The van der Waals surface area contributed by atoms with Crippen LogP contribution in [-0.4, -0.2) is 14.8 Å². The number of anilines is 1. The summed E-state index contributed by atoms with van der Waals surface area (Å²) in [4.78, 5) is 4.31. The Morgan fingerprint density at radius 3 is 2.86 bits per heavy atom. The molecule has 1 N–H and O–H groups in total. The van der Waals surface area contributed by atoms with E-state index in [0.29, 0.717) is 12.4 Å². The van der Waals surface area contributed by atoms with E-state index < -0.39 is 5.82 Å². The third-order valence-electron chi connectivity index (χ3n) is 2.98. The SMILES string of the molecule is Fc1cc(CNc2cccnc2-n2cccn2)ccc1Cl. The Morgan fingerprint density at radius 2 is 2.10 bits per heavy atom. The molecule has 0 fully saturated rings. The minimum Gasteiger partial charge on any atom is -0.378 e. The highest BCUT2D eigenvalue weighted by atomic mass is 35.5. The zero-order valence-electron chi connectivity index (χ0n) is 11.0. The average Bonchev–Trinajstić information content (AvgIpc) is 3.03. The van der Waals surface area contributed by atoms with Crippen LogP contribution in [0, 0.1) is 5.82 Å². The third-order valence-corrected chi connectivity index (χ3v) is 3.28. The van der Waals surface area contributed by atoms with Crippen molar-refractivity contribution in [3.05, 3.63) is 71.4 Å². The molecule has 21 heavy (non-hydrogen) atoms. The fourth-order valence-electron chi connectivity index (χ4n) is 1.96. The standard InChI is InChI=1S/C15H12ClFN4/c16-12-5-4-11(9-13(12)17)10-19-14-3-1-6-18-15(14)21-8-2-7-20-21/h1-9,19H,10H2. The van der Waals surface area contributed by atoms with E-state index in [1.165, 1.54) is 6.07 Å². The lowest BCUT2D eigenvalue weighted by Crippen LogP contribution is -2.06. The van der Waals surface area contributed by atoms with Gasteiger partial charge in [0.15, 0.2) is 5.82 Å². The predicted molar refractivity (Wildman–Crippen MR) is 80.1 cm³/mol. The molecule has 0 saturated carbocycles. The van der Waals surface area contributed by atoms with Crippen LogP contribution in [0.4, 0.5) is 10.1 Å². The lowest BCUT2D eigenvalue weighted by atomic mass is 10.2. The van der Waals surface area contributed by atoms with Gasteiger partial charge in [0, 0.05) is 25.1 Å². The summed E-state index contributed by atoms with van der Waals surface area (Å²) in [5.74, 6) is 0.270. The first-order chi connectivity index (χ1) is 10.2. The molecule has 0 radical (unpaired) electrons. The Labute approximate surface area is 126 Å². The van der Waals surface area contributed by atoms with Crippen molar-refractivity contribution in [2.45, 2.75) is 6.54 Å². The summed E-state index contributed by atoms with van der Waals surface area (Å²) in [6.45, 7) is 0.466. The maximum atomic E-state index is 13.4. The van der Waals surface area contributed by atoms with Crippen molar-refractivity contribution in [3.8, 4) is 5.82 Å². The Kier molecular flexibility index (Phi) is 3.83. The summed E-state index contributed by atoms with van der Waals surface area (Å²) < 4.78 is 15.1. The molecule has 4 nitrogen and oxygen atoms in total. The molecule has 3 aromatic rings.